The van der Waals surface area contributed by atoms with Crippen molar-refractivity contribution in [2.75, 3.05) is 11.6 Å². The molecular formula is C14H13ClN2O3S2. The van der Waals surface area contributed by atoms with E-state index in [4.69, 9.17) is 4.42 Å². The number of hydrogen-bond acceptors (Lipinski definition) is 6. The lowest BCUT2D eigenvalue weighted by molar-refractivity contribution is 0.568. The van der Waals surface area contributed by atoms with Gasteiger partial charge in [0.25, 0.3) is 0 Å². The van der Waals surface area contributed by atoms with Gasteiger partial charge in [0.05, 0.1) is 23.1 Å². The number of aromatic nitrogens is 1. The molecule has 8 heteroatoms. The van der Waals surface area contributed by atoms with Gasteiger partial charge >= 0.3 is 0 Å². The van der Waals surface area contributed by atoms with Crippen molar-refractivity contribution in [3.8, 4) is 11.3 Å². The van der Waals surface area contributed by atoms with Crippen LogP contribution < -0.4 is 5.32 Å². The van der Waals surface area contributed by atoms with Crippen LogP contribution >= 0.6 is 23.7 Å². The van der Waals surface area contributed by atoms with E-state index in [1.165, 1.54) is 17.6 Å². The van der Waals surface area contributed by atoms with Gasteiger partial charge in [-0.25, -0.2) is 13.4 Å². The van der Waals surface area contributed by atoms with Gasteiger partial charge in [0.2, 0.25) is 0 Å². The lowest BCUT2D eigenvalue weighted by atomic mass is 10.3. The zero-order valence-corrected chi connectivity index (χ0v) is 14.0. The highest BCUT2D eigenvalue weighted by Gasteiger charge is 2.08. The van der Waals surface area contributed by atoms with Crippen molar-refractivity contribution in [1.29, 1.82) is 0 Å². The van der Waals surface area contributed by atoms with Gasteiger partial charge in [0.15, 0.2) is 15.0 Å². The van der Waals surface area contributed by atoms with Crippen LogP contribution in [0.5, 0.6) is 0 Å². The molecule has 0 saturated heterocycles. The van der Waals surface area contributed by atoms with Crippen molar-refractivity contribution in [2.45, 2.75) is 4.90 Å². The van der Waals surface area contributed by atoms with E-state index in [-0.39, 0.29) is 12.4 Å². The van der Waals surface area contributed by atoms with Crippen LogP contribution in [0.3, 0.4) is 0 Å². The molecule has 2 aromatic heterocycles. The summed E-state index contributed by atoms with van der Waals surface area (Å²) < 4.78 is 27.8. The fourth-order valence-corrected chi connectivity index (χ4v) is 3.15. The van der Waals surface area contributed by atoms with E-state index in [0.29, 0.717) is 4.90 Å². The van der Waals surface area contributed by atoms with Crippen LogP contribution in [0.25, 0.3) is 11.3 Å². The molecule has 22 heavy (non-hydrogen) atoms. The van der Waals surface area contributed by atoms with Crippen LogP contribution in [0.15, 0.2) is 57.6 Å². The molecule has 1 aromatic carbocycles. The zero-order valence-electron chi connectivity index (χ0n) is 11.5. The molecule has 3 aromatic rings. The number of furan rings is 1. The highest BCUT2D eigenvalue weighted by atomic mass is 35.5. The average molecular weight is 357 g/mol. The first-order valence-electron chi connectivity index (χ1n) is 6.07. The van der Waals surface area contributed by atoms with E-state index in [2.05, 4.69) is 10.3 Å². The van der Waals surface area contributed by atoms with E-state index in [0.717, 1.165) is 22.1 Å². The maximum Gasteiger partial charge on any atom is 0.187 e. The molecule has 0 aliphatic carbocycles. The van der Waals surface area contributed by atoms with Crippen molar-refractivity contribution in [3.05, 3.63) is 48.2 Å². The second kappa shape index (κ2) is 6.51. The normalized spacial score (nSPS) is 11.0. The van der Waals surface area contributed by atoms with Crippen molar-refractivity contribution in [1.82, 2.24) is 4.98 Å². The van der Waals surface area contributed by atoms with Gasteiger partial charge in [-0.1, -0.05) is 0 Å². The van der Waals surface area contributed by atoms with Crippen LogP contribution in [0.1, 0.15) is 0 Å². The third-order valence-electron chi connectivity index (χ3n) is 2.85. The fourth-order valence-electron chi connectivity index (χ4n) is 1.78. The van der Waals surface area contributed by atoms with Crippen LogP contribution in [0, 0.1) is 0 Å². The summed E-state index contributed by atoms with van der Waals surface area (Å²) >= 11 is 1.47. The predicted octanol–water partition coefficient (Wildman–Crippen LogP) is 3.97. The summed E-state index contributed by atoms with van der Waals surface area (Å²) in [5.74, 6) is 0. The van der Waals surface area contributed by atoms with Gasteiger partial charge in [0, 0.05) is 22.9 Å². The monoisotopic (exact) mass is 356 g/mol. The number of anilines is 2. The molecule has 2 heterocycles. The molecule has 0 atom stereocenters. The summed E-state index contributed by atoms with van der Waals surface area (Å²) in [5, 5.41) is 5.81. The molecule has 116 valence electrons. The number of nitrogens with zero attached hydrogens (tertiary/aromatic N) is 1. The number of nitrogens with one attached hydrogen (secondary N) is 1. The second-order valence-electron chi connectivity index (χ2n) is 4.47. The van der Waals surface area contributed by atoms with Gasteiger partial charge in [-0.3, -0.25) is 0 Å². The summed E-state index contributed by atoms with van der Waals surface area (Å²) in [4.78, 5) is 4.75. The van der Waals surface area contributed by atoms with Crippen molar-refractivity contribution < 1.29 is 12.8 Å². The molecule has 0 aliphatic heterocycles. The van der Waals surface area contributed by atoms with Crippen LogP contribution in [-0.2, 0) is 9.84 Å². The molecule has 5 nitrogen and oxygen atoms in total. The van der Waals surface area contributed by atoms with Gasteiger partial charge in [-0.15, -0.1) is 23.7 Å². The third kappa shape index (κ3) is 3.68. The molecular weight excluding hydrogens is 344 g/mol. The van der Waals surface area contributed by atoms with Gasteiger partial charge < -0.3 is 9.73 Å². The van der Waals surface area contributed by atoms with Crippen LogP contribution in [0.4, 0.5) is 10.8 Å². The van der Waals surface area contributed by atoms with Crippen LogP contribution in [-0.4, -0.2) is 19.7 Å². The largest absolute Gasteiger partial charge is 0.472 e. The topological polar surface area (TPSA) is 72.2 Å². The highest BCUT2D eigenvalue weighted by Crippen LogP contribution is 2.27. The Hall–Kier alpha value is -1.83. The molecule has 0 radical (unpaired) electrons. The maximum atomic E-state index is 11.4. The van der Waals surface area contributed by atoms with Crippen molar-refractivity contribution in [2.24, 2.45) is 0 Å². The number of benzene rings is 1. The van der Waals surface area contributed by atoms with Gasteiger partial charge in [-0.05, 0) is 30.3 Å². The standard InChI is InChI=1S/C14H12N2O3S2.ClH/c1-21(17,18)12-4-2-11(3-5-12)15-14-16-13(9-20-14)10-6-7-19-8-10;/h2-9H,1H3,(H,15,16);1H. The minimum Gasteiger partial charge on any atom is -0.472 e. The van der Waals surface area contributed by atoms with E-state index >= 15 is 0 Å². The predicted molar refractivity (Wildman–Crippen MR) is 89.9 cm³/mol. The summed E-state index contributed by atoms with van der Waals surface area (Å²) in [7, 11) is -3.17. The molecule has 0 bridgehead atoms. The number of sulfone groups is 1. The molecule has 0 fully saturated rings. The Bertz CT molecular complexity index is 841. The molecule has 0 spiro atoms. The minimum absolute atomic E-state index is 0. The summed E-state index contributed by atoms with van der Waals surface area (Å²) in [5.41, 5.74) is 2.55. The first kappa shape index (κ1) is 16.5. The number of hydrogen-bond donors (Lipinski definition) is 1. The molecule has 0 aliphatic rings. The Kier molecular flexibility index (Phi) is 4.90. The fraction of sp³-hybridized carbons (Fsp3) is 0.0714. The molecule has 0 amide bonds. The lowest BCUT2D eigenvalue weighted by Crippen LogP contribution is -1.97. The maximum absolute atomic E-state index is 11.4. The first-order chi connectivity index (χ1) is 10.0. The van der Waals surface area contributed by atoms with Gasteiger partial charge in [-0.2, -0.15) is 0 Å². The lowest BCUT2D eigenvalue weighted by Gasteiger charge is -2.03. The highest BCUT2D eigenvalue weighted by molar-refractivity contribution is 7.90. The molecule has 3 rings (SSSR count). The Morgan fingerprint density at radius 3 is 2.50 bits per heavy atom. The molecule has 0 saturated carbocycles. The van der Waals surface area contributed by atoms with E-state index < -0.39 is 9.84 Å². The Morgan fingerprint density at radius 2 is 1.91 bits per heavy atom. The average Bonchev–Trinajstić information content (AvgIpc) is 3.08. The van der Waals surface area contributed by atoms with Crippen molar-refractivity contribution in [3.63, 3.8) is 0 Å². The SMILES string of the molecule is CS(=O)(=O)c1ccc(Nc2nc(-c3ccoc3)cs2)cc1.Cl. The Labute approximate surface area is 138 Å². The first-order valence-corrected chi connectivity index (χ1v) is 8.85. The van der Waals surface area contributed by atoms with E-state index in [1.54, 1.807) is 36.8 Å². The number of halogens is 1. The summed E-state index contributed by atoms with van der Waals surface area (Å²) in [6.07, 6.45) is 4.43. The number of rotatable bonds is 4. The Balaban J connectivity index is 0.00000176. The quantitative estimate of drug-likeness (QED) is 0.765. The van der Waals surface area contributed by atoms with Crippen molar-refractivity contribution >= 4 is 44.4 Å². The van der Waals surface area contributed by atoms with E-state index in [9.17, 15) is 8.42 Å². The third-order valence-corrected chi connectivity index (χ3v) is 4.74. The minimum atomic E-state index is -3.17. The Morgan fingerprint density at radius 1 is 1.18 bits per heavy atom. The van der Waals surface area contributed by atoms with Crippen LogP contribution in [0.2, 0.25) is 0 Å². The molecule has 0 unspecified atom stereocenters. The summed E-state index contributed by atoms with van der Waals surface area (Å²) in [6, 6.07) is 8.43. The number of thiazole rings is 1. The smallest absolute Gasteiger partial charge is 0.187 e. The van der Waals surface area contributed by atoms with E-state index in [1.807, 2.05) is 11.4 Å². The zero-order chi connectivity index (χ0) is 14.9. The second-order valence-corrected chi connectivity index (χ2v) is 7.35. The summed E-state index contributed by atoms with van der Waals surface area (Å²) in [6.45, 7) is 0. The van der Waals surface area contributed by atoms with Gasteiger partial charge in [0.1, 0.15) is 0 Å². The molecule has 1 N–H and O–H groups in total.